The molecule has 1 fully saturated rings. The topological polar surface area (TPSA) is 19.4 Å². The smallest absolute Gasteiger partial charge is 0.128 e. The normalized spacial score (nSPS) is 18.1. The van der Waals surface area contributed by atoms with Crippen LogP contribution in [-0.2, 0) is 6.42 Å². The third-order valence-corrected chi connectivity index (χ3v) is 2.98. The second kappa shape index (κ2) is 4.62. The van der Waals surface area contributed by atoms with Crippen LogP contribution in [0, 0.1) is 0 Å². The quantitative estimate of drug-likeness (QED) is 0.727. The predicted octanol–water partition coefficient (Wildman–Crippen LogP) is 1.40. The summed E-state index contributed by atoms with van der Waals surface area (Å²) in [5.41, 5.74) is 1.19. The summed E-state index contributed by atoms with van der Waals surface area (Å²) in [4.78, 5) is 9.38. The summed E-state index contributed by atoms with van der Waals surface area (Å²) in [6.45, 7) is 6.61. The minimum Gasteiger partial charge on any atom is -0.354 e. The largest absolute Gasteiger partial charge is 0.354 e. The summed E-state index contributed by atoms with van der Waals surface area (Å²) in [6, 6.07) is 6.32. The molecule has 3 nitrogen and oxygen atoms in total. The third kappa shape index (κ3) is 2.48. The maximum atomic E-state index is 4.65. The molecule has 0 spiro atoms. The monoisotopic (exact) mass is 205 g/mol. The Kier molecular flexibility index (Phi) is 3.21. The SMILES string of the molecule is CCc1cccc(N2CCN(C)CC2)n1. The van der Waals surface area contributed by atoms with E-state index >= 15 is 0 Å². The van der Waals surface area contributed by atoms with Crippen molar-refractivity contribution in [1.82, 2.24) is 9.88 Å². The molecule has 1 saturated heterocycles. The summed E-state index contributed by atoms with van der Waals surface area (Å²) in [5, 5.41) is 0. The summed E-state index contributed by atoms with van der Waals surface area (Å²) in [6.07, 6.45) is 1.02. The molecule has 0 aromatic carbocycles. The summed E-state index contributed by atoms with van der Waals surface area (Å²) in [5.74, 6) is 1.14. The van der Waals surface area contributed by atoms with Crippen LogP contribution in [0.1, 0.15) is 12.6 Å². The molecule has 1 aromatic heterocycles. The Bertz CT molecular complexity index is 316. The van der Waals surface area contributed by atoms with Crippen LogP contribution in [0.5, 0.6) is 0 Å². The highest BCUT2D eigenvalue weighted by Crippen LogP contribution is 2.13. The molecule has 1 aliphatic rings. The number of hydrogen-bond acceptors (Lipinski definition) is 3. The molecule has 3 heteroatoms. The average molecular weight is 205 g/mol. The Morgan fingerprint density at radius 2 is 1.93 bits per heavy atom. The van der Waals surface area contributed by atoms with Crippen molar-refractivity contribution in [3.8, 4) is 0 Å². The summed E-state index contributed by atoms with van der Waals surface area (Å²) in [7, 11) is 2.17. The van der Waals surface area contributed by atoms with Crippen molar-refractivity contribution < 1.29 is 0 Å². The fourth-order valence-electron chi connectivity index (χ4n) is 1.88. The molecule has 0 unspecified atom stereocenters. The summed E-state index contributed by atoms with van der Waals surface area (Å²) >= 11 is 0. The first kappa shape index (κ1) is 10.4. The maximum Gasteiger partial charge on any atom is 0.128 e. The average Bonchev–Trinajstić information content (AvgIpc) is 2.30. The first-order chi connectivity index (χ1) is 7.29. The lowest BCUT2D eigenvalue weighted by Gasteiger charge is -2.33. The van der Waals surface area contributed by atoms with Crippen LogP contribution < -0.4 is 4.90 Å². The number of aryl methyl sites for hydroxylation is 1. The van der Waals surface area contributed by atoms with Crippen LogP contribution >= 0.6 is 0 Å². The number of pyridine rings is 1. The van der Waals surface area contributed by atoms with Gasteiger partial charge in [0.2, 0.25) is 0 Å². The van der Waals surface area contributed by atoms with Crippen molar-refractivity contribution in [3.05, 3.63) is 23.9 Å². The first-order valence-corrected chi connectivity index (χ1v) is 5.69. The second-order valence-corrected chi connectivity index (χ2v) is 4.13. The van der Waals surface area contributed by atoms with Gasteiger partial charge in [0.1, 0.15) is 5.82 Å². The zero-order valence-corrected chi connectivity index (χ0v) is 9.61. The lowest BCUT2D eigenvalue weighted by Crippen LogP contribution is -2.44. The number of likely N-dealkylation sites (N-methyl/N-ethyl adjacent to an activating group) is 1. The van der Waals surface area contributed by atoms with Gasteiger partial charge in [0, 0.05) is 31.9 Å². The molecule has 0 atom stereocenters. The standard InChI is InChI=1S/C12H19N3/c1-3-11-5-4-6-12(13-11)15-9-7-14(2)8-10-15/h4-6H,3,7-10H2,1-2H3. The van der Waals surface area contributed by atoms with Gasteiger partial charge in [-0.3, -0.25) is 0 Å². The van der Waals surface area contributed by atoms with Gasteiger partial charge in [0.25, 0.3) is 0 Å². The van der Waals surface area contributed by atoms with Crippen molar-refractivity contribution in [3.63, 3.8) is 0 Å². The van der Waals surface area contributed by atoms with Gasteiger partial charge in [0.15, 0.2) is 0 Å². The minimum absolute atomic E-state index is 1.02. The van der Waals surface area contributed by atoms with E-state index in [4.69, 9.17) is 0 Å². The van der Waals surface area contributed by atoms with E-state index in [1.165, 1.54) is 5.69 Å². The molecule has 0 radical (unpaired) electrons. The highest BCUT2D eigenvalue weighted by molar-refractivity contribution is 5.39. The first-order valence-electron chi connectivity index (χ1n) is 5.69. The van der Waals surface area contributed by atoms with Gasteiger partial charge in [-0.15, -0.1) is 0 Å². The highest BCUT2D eigenvalue weighted by Gasteiger charge is 2.14. The van der Waals surface area contributed by atoms with E-state index in [1.807, 2.05) is 0 Å². The maximum absolute atomic E-state index is 4.65. The molecule has 0 amide bonds. The molecule has 15 heavy (non-hydrogen) atoms. The number of piperazine rings is 1. The van der Waals surface area contributed by atoms with Crippen LogP contribution in [0.25, 0.3) is 0 Å². The molecule has 1 aliphatic heterocycles. The van der Waals surface area contributed by atoms with Crippen molar-refractivity contribution in [1.29, 1.82) is 0 Å². The van der Waals surface area contributed by atoms with E-state index in [0.29, 0.717) is 0 Å². The zero-order valence-electron chi connectivity index (χ0n) is 9.61. The van der Waals surface area contributed by atoms with Crippen LogP contribution in [0.3, 0.4) is 0 Å². The van der Waals surface area contributed by atoms with E-state index in [-0.39, 0.29) is 0 Å². The number of hydrogen-bond donors (Lipinski definition) is 0. The predicted molar refractivity (Wildman–Crippen MR) is 63.3 cm³/mol. The molecular weight excluding hydrogens is 186 g/mol. The minimum atomic E-state index is 1.02. The van der Waals surface area contributed by atoms with Gasteiger partial charge in [-0.2, -0.15) is 0 Å². The van der Waals surface area contributed by atoms with Crippen LogP contribution in [-0.4, -0.2) is 43.1 Å². The molecule has 2 heterocycles. The second-order valence-electron chi connectivity index (χ2n) is 4.13. The lowest BCUT2D eigenvalue weighted by molar-refractivity contribution is 0.312. The van der Waals surface area contributed by atoms with Crippen molar-refractivity contribution in [2.24, 2.45) is 0 Å². The van der Waals surface area contributed by atoms with Crippen molar-refractivity contribution >= 4 is 5.82 Å². The van der Waals surface area contributed by atoms with E-state index in [0.717, 1.165) is 38.4 Å². The molecular formula is C12H19N3. The van der Waals surface area contributed by atoms with E-state index in [2.05, 4.69) is 47.0 Å². The van der Waals surface area contributed by atoms with Crippen LogP contribution in [0.2, 0.25) is 0 Å². The summed E-state index contributed by atoms with van der Waals surface area (Å²) < 4.78 is 0. The Morgan fingerprint density at radius 1 is 1.20 bits per heavy atom. The Labute approximate surface area is 91.7 Å². The van der Waals surface area contributed by atoms with Gasteiger partial charge in [-0.25, -0.2) is 4.98 Å². The Balaban J connectivity index is 2.08. The molecule has 0 bridgehead atoms. The lowest BCUT2D eigenvalue weighted by atomic mass is 10.2. The van der Waals surface area contributed by atoms with E-state index < -0.39 is 0 Å². The number of aromatic nitrogens is 1. The van der Waals surface area contributed by atoms with Crippen LogP contribution in [0.15, 0.2) is 18.2 Å². The number of anilines is 1. The fraction of sp³-hybridized carbons (Fsp3) is 0.583. The molecule has 0 N–H and O–H groups in total. The van der Waals surface area contributed by atoms with Gasteiger partial charge in [-0.1, -0.05) is 13.0 Å². The number of nitrogens with zero attached hydrogens (tertiary/aromatic N) is 3. The number of rotatable bonds is 2. The van der Waals surface area contributed by atoms with Gasteiger partial charge in [0.05, 0.1) is 0 Å². The fourth-order valence-corrected chi connectivity index (χ4v) is 1.88. The van der Waals surface area contributed by atoms with Crippen LogP contribution in [0.4, 0.5) is 5.82 Å². The van der Waals surface area contributed by atoms with Gasteiger partial charge >= 0.3 is 0 Å². The highest BCUT2D eigenvalue weighted by atomic mass is 15.3. The van der Waals surface area contributed by atoms with Gasteiger partial charge in [-0.05, 0) is 25.6 Å². The molecule has 82 valence electrons. The van der Waals surface area contributed by atoms with E-state index in [1.54, 1.807) is 0 Å². The molecule has 2 rings (SSSR count). The molecule has 0 saturated carbocycles. The molecule has 1 aromatic rings. The van der Waals surface area contributed by atoms with Gasteiger partial charge < -0.3 is 9.80 Å². The Morgan fingerprint density at radius 3 is 2.60 bits per heavy atom. The van der Waals surface area contributed by atoms with E-state index in [9.17, 15) is 0 Å². The van der Waals surface area contributed by atoms with Crippen molar-refractivity contribution in [2.45, 2.75) is 13.3 Å². The Hall–Kier alpha value is -1.09. The zero-order chi connectivity index (χ0) is 10.7. The molecule has 0 aliphatic carbocycles. The third-order valence-electron chi connectivity index (χ3n) is 2.98. The van der Waals surface area contributed by atoms with Crippen molar-refractivity contribution in [2.75, 3.05) is 38.1 Å².